The van der Waals surface area contributed by atoms with Gasteiger partial charge in [0.25, 0.3) is 0 Å². The van der Waals surface area contributed by atoms with Crippen LogP contribution in [-0.2, 0) is 16.0 Å². The molecular weight excluding hydrogens is 424 g/mol. The highest BCUT2D eigenvalue weighted by atomic mass is 32.1. The molecule has 1 aliphatic rings. The Labute approximate surface area is 194 Å². The molecule has 0 bridgehead atoms. The monoisotopic (exact) mass is 458 g/mol. The van der Waals surface area contributed by atoms with Crippen LogP contribution in [0.3, 0.4) is 0 Å². The number of pyridine rings is 1. The second-order valence-electron chi connectivity index (χ2n) is 9.64. The van der Waals surface area contributed by atoms with E-state index in [1.54, 1.807) is 17.3 Å². The van der Waals surface area contributed by atoms with Crippen molar-refractivity contribution in [3.63, 3.8) is 0 Å². The number of nitrogens with zero attached hydrogens (tertiary/aromatic N) is 4. The van der Waals surface area contributed by atoms with Crippen molar-refractivity contribution in [3.05, 3.63) is 35.6 Å². The highest BCUT2D eigenvalue weighted by Gasteiger charge is 2.30. The first-order valence-corrected chi connectivity index (χ1v) is 12.1. The van der Waals surface area contributed by atoms with Gasteiger partial charge >= 0.3 is 6.09 Å². The van der Waals surface area contributed by atoms with E-state index < -0.39 is 5.60 Å². The fourth-order valence-electron chi connectivity index (χ4n) is 3.81. The normalized spacial score (nSPS) is 16.8. The van der Waals surface area contributed by atoms with Gasteiger partial charge in [-0.3, -0.25) is 9.78 Å². The van der Waals surface area contributed by atoms with Gasteiger partial charge in [-0.15, -0.1) is 11.3 Å². The molecule has 0 saturated carbocycles. The Morgan fingerprint density at radius 3 is 2.78 bits per heavy atom. The Balaban J connectivity index is 1.58. The summed E-state index contributed by atoms with van der Waals surface area (Å²) >= 11 is 1.53. The Morgan fingerprint density at radius 1 is 1.34 bits per heavy atom. The van der Waals surface area contributed by atoms with Crippen LogP contribution in [0.1, 0.15) is 53.2 Å². The molecule has 0 N–H and O–H groups in total. The lowest BCUT2D eigenvalue weighted by Crippen LogP contribution is -2.48. The van der Waals surface area contributed by atoms with Crippen LogP contribution >= 0.6 is 11.3 Å². The molecule has 1 saturated heterocycles. The minimum Gasteiger partial charge on any atom is -0.444 e. The van der Waals surface area contributed by atoms with Crippen LogP contribution in [0, 0.1) is 5.92 Å². The lowest BCUT2D eigenvalue weighted by molar-refractivity contribution is -0.132. The minimum absolute atomic E-state index is 0.0387. The number of piperidine rings is 1. The predicted molar refractivity (Wildman–Crippen MR) is 126 cm³/mol. The van der Waals surface area contributed by atoms with E-state index in [-0.39, 0.29) is 24.0 Å². The summed E-state index contributed by atoms with van der Waals surface area (Å²) in [7, 11) is 0. The third-order valence-electron chi connectivity index (χ3n) is 5.37. The van der Waals surface area contributed by atoms with Gasteiger partial charge < -0.3 is 14.5 Å². The van der Waals surface area contributed by atoms with Crippen LogP contribution in [0.5, 0.6) is 0 Å². The van der Waals surface area contributed by atoms with E-state index in [0.29, 0.717) is 19.5 Å². The predicted octanol–water partition coefficient (Wildman–Crippen LogP) is 4.63. The molecule has 32 heavy (non-hydrogen) atoms. The second kappa shape index (κ2) is 10.4. The summed E-state index contributed by atoms with van der Waals surface area (Å²) < 4.78 is 5.59. The van der Waals surface area contributed by atoms with Crippen LogP contribution in [-0.4, -0.2) is 63.0 Å². The molecule has 1 unspecified atom stereocenters. The number of thiazole rings is 1. The average Bonchev–Trinajstić information content (AvgIpc) is 3.20. The van der Waals surface area contributed by atoms with Crippen molar-refractivity contribution in [3.8, 4) is 10.6 Å². The molecule has 2 amide bonds. The number of ether oxygens (including phenoxy) is 1. The number of hydrogen-bond acceptors (Lipinski definition) is 6. The highest BCUT2D eigenvalue weighted by Crippen LogP contribution is 2.24. The van der Waals surface area contributed by atoms with Gasteiger partial charge in [0.1, 0.15) is 10.6 Å². The molecule has 1 atom stereocenters. The number of rotatable bonds is 6. The number of amides is 2. The van der Waals surface area contributed by atoms with Crippen LogP contribution in [0.4, 0.5) is 4.79 Å². The Bertz CT molecular complexity index is 907. The number of hydrogen-bond donors (Lipinski definition) is 0. The van der Waals surface area contributed by atoms with Crippen LogP contribution in [0.25, 0.3) is 10.6 Å². The van der Waals surface area contributed by atoms with Gasteiger partial charge in [0, 0.05) is 49.0 Å². The van der Waals surface area contributed by atoms with Crippen molar-refractivity contribution < 1.29 is 14.3 Å². The van der Waals surface area contributed by atoms with E-state index in [1.807, 2.05) is 57.0 Å². The summed E-state index contributed by atoms with van der Waals surface area (Å²) in [5, 5.41) is 2.83. The molecule has 7 nitrogen and oxygen atoms in total. The highest BCUT2D eigenvalue weighted by molar-refractivity contribution is 7.13. The van der Waals surface area contributed by atoms with E-state index in [2.05, 4.69) is 9.97 Å². The largest absolute Gasteiger partial charge is 0.444 e. The average molecular weight is 459 g/mol. The molecule has 2 aromatic rings. The maximum absolute atomic E-state index is 13.0. The lowest BCUT2D eigenvalue weighted by atomic mass is 9.96. The second-order valence-corrected chi connectivity index (χ2v) is 10.5. The summed E-state index contributed by atoms with van der Waals surface area (Å²) in [5.74, 6) is 0.329. The quantitative estimate of drug-likeness (QED) is 0.631. The molecule has 0 radical (unpaired) electrons. The van der Waals surface area contributed by atoms with Crippen molar-refractivity contribution in [2.45, 2.75) is 65.5 Å². The van der Waals surface area contributed by atoms with Crippen molar-refractivity contribution in [2.75, 3.05) is 19.6 Å². The van der Waals surface area contributed by atoms with Gasteiger partial charge in [0.05, 0.1) is 12.1 Å². The first kappa shape index (κ1) is 24.2. The first-order valence-electron chi connectivity index (χ1n) is 11.2. The van der Waals surface area contributed by atoms with E-state index in [1.165, 1.54) is 11.3 Å². The zero-order chi connectivity index (χ0) is 23.3. The van der Waals surface area contributed by atoms with Gasteiger partial charge in [0.2, 0.25) is 5.91 Å². The van der Waals surface area contributed by atoms with E-state index >= 15 is 0 Å². The topological polar surface area (TPSA) is 75.6 Å². The van der Waals surface area contributed by atoms with Crippen LogP contribution in [0.15, 0.2) is 29.9 Å². The Morgan fingerprint density at radius 2 is 2.12 bits per heavy atom. The number of likely N-dealkylation sites (tertiary alicyclic amines) is 1. The van der Waals surface area contributed by atoms with Gasteiger partial charge in [0.15, 0.2) is 0 Å². The van der Waals surface area contributed by atoms with Crippen molar-refractivity contribution in [1.82, 2.24) is 19.8 Å². The number of carbonyl (C=O) groups is 2. The van der Waals surface area contributed by atoms with Gasteiger partial charge in [-0.05, 0) is 65.5 Å². The van der Waals surface area contributed by atoms with Crippen LogP contribution in [0.2, 0.25) is 0 Å². The summed E-state index contributed by atoms with van der Waals surface area (Å²) in [6.45, 7) is 11.6. The van der Waals surface area contributed by atoms with Crippen LogP contribution < -0.4 is 0 Å². The van der Waals surface area contributed by atoms with E-state index in [9.17, 15) is 9.59 Å². The first-order chi connectivity index (χ1) is 15.1. The molecule has 3 heterocycles. The van der Waals surface area contributed by atoms with Gasteiger partial charge in [-0.25, -0.2) is 9.78 Å². The number of carbonyl (C=O) groups excluding carboxylic acids is 2. The molecule has 3 rings (SSSR count). The van der Waals surface area contributed by atoms with E-state index in [0.717, 1.165) is 35.7 Å². The summed E-state index contributed by atoms with van der Waals surface area (Å²) in [6.07, 6.45) is 5.46. The van der Waals surface area contributed by atoms with Crippen molar-refractivity contribution in [2.24, 2.45) is 5.92 Å². The zero-order valence-corrected chi connectivity index (χ0v) is 20.5. The molecule has 174 valence electrons. The molecule has 0 aliphatic carbocycles. The fraction of sp³-hybridized carbons (Fsp3) is 0.583. The Hall–Kier alpha value is -2.48. The van der Waals surface area contributed by atoms with Gasteiger partial charge in [-0.2, -0.15) is 0 Å². The Kier molecular flexibility index (Phi) is 7.87. The van der Waals surface area contributed by atoms with E-state index in [4.69, 9.17) is 4.74 Å². The van der Waals surface area contributed by atoms with Crippen molar-refractivity contribution in [1.29, 1.82) is 0 Å². The molecule has 1 fully saturated rings. The molecule has 2 aromatic heterocycles. The smallest absolute Gasteiger partial charge is 0.410 e. The zero-order valence-electron chi connectivity index (χ0n) is 19.7. The summed E-state index contributed by atoms with van der Waals surface area (Å²) in [6, 6.07) is 3.89. The maximum atomic E-state index is 13.0. The SMILES string of the molecule is CC(C)N(CC1CCCN(C(=O)Cc2csc(-c3cccnc3)n2)C1)C(=O)OC(C)(C)C. The molecule has 8 heteroatoms. The minimum atomic E-state index is -0.527. The molecule has 0 aromatic carbocycles. The number of aromatic nitrogens is 2. The molecular formula is C24H34N4O3S. The third-order valence-corrected chi connectivity index (χ3v) is 6.31. The summed E-state index contributed by atoms with van der Waals surface area (Å²) in [4.78, 5) is 38.1. The third kappa shape index (κ3) is 6.76. The standard InChI is InChI=1S/C24H34N4O3S/c1-17(2)28(23(30)31-24(3,4)5)15-18-8-7-11-27(14-18)21(29)12-20-16-32-22(26-20)19-9-6-10-25-13-19/h6,9-10,13,16-18H,7-8,11-12,14-15H2,1-5H3. The van der Waals surface area contributed by atoms with Crippen molar-refractivity contribution >= 4 is 23.3 Å². The fourth-order valence-corrected chi connectivity index (χ4v) is 4.62. The maximum Gasteiger partial charge on any atom is 0.410 e. The lowest BCUT2D eigenvalue weighted by Gasteiger charge is -2.37. The van der Waals surface area contributed by atoms with Gasteiger partial charge in [-0.1, -0.05) is 0 Å². The molecule has 0 spiro atoms. The molecule has 1 aliphatic heterocycles. The summed E-state index contributed by atoms with van der Waals surface area (Å²) in [5.41, 5.74) is 1.23.